The molecule has 0 saturated carbocycles. The van der Waals surface area contributed by atoms with Gasteiger partial charge in [-0.1, -0.05) is 30.3 Å². The summed E-state index contributed by atoms with van der Waals surface area (Å²) in [5.41, 5.74) is 4.28. The number of fused-ring (bicyclic) bond motifs is 3. The van der Waals surface area contributed by atoms with Gasteiger partial charge in [0.2, 0.25) is 0 Å². The van der Waals surface area contributed by atoms with E-state index in [2.05, 4.69) is 22.0 Å². The first-order valence-corrected chi connectivity index (χ1v) is 11.1. The fourth-order valence-corrected chi connectivity index (χ4v) is 4.28. The van der Waals surface area contributed by atoms with Gasteiger partial charge in [0.1, 0.15) is 11.6 Å². The van der Waals surface area contributed by atoms with Crippen LogP contribution in [0.2, 0.25) is 0 Å². The molecule has 32 heavy (non-hydrogen) atoms. The summed E-state index contributed by atoms with van der Waals surface area (Å²) in [4.78, 5) is 25.1. The van der Waals surface area contributed by atoms with E-state index >= 15 is 0 Å². The monoisotopic (exact) mass is 434 g/mol. The topological polar surface area (TPSA) is 69.6 Å². The maximum Gasteiger partial charge on any atom is 0.338 e. The molecule has 4 rings (SSSR count). The van der Waals surface area contributed by atoms with Crippen molar-refractivity contribution in [2.24, 2.45) is 0 Å². The van der Waals surface area contributed by atoms with Gasteiger partial charge in [0.05, 0.1) is 17.9 Å². The predicted molar refractivity (Wildman–Crippen MR) is 124 cm³/mol. The summed E-state index contributed by atoms with van der Waals surface area (Å²) >= 11 is 0. The average molecular weight is 435 g/mol. The van der Waals surface area contributed by atoms with E-state index in [1.165, 1.54) is 10.9 Å². The molecule has 0 saturated heterocycles. The van der Waals surface area contributed by atoms with Gasteiger partial charge in [-0.05, 0) is 63.4 Å². The maximum absolute atomic E-state index is 12.7. The number of rotatable bonds is 5. The van der Waals surface area contributed by atoms with Crippen LogP contribution in [0, 0.1) is 0 Å². The van der Waals surface area contributed by atoms with Crippen LogP contribution in [0.3, 0.4) is 0 Å². The van der Waals surface area contributed by atoms with Crippen molar-refractivity contribution < 1.29 is 19.1 Å². The first-order chi connectivity index (χ1) is 15.3. The number of hydrogen-bond acceptors (Lipinski definition) is 5. The van der Waals surface area contributed by atoms with Crippen molar-refractivity contribution in [2.45, 2.75) is 52.3 Å². The molecule has 0 radical (unpaired) electrons. The third-order valence-electron chi connectivity index (χ3n) is 5.57. The number of hydrogen-bond donors (Lipinski definition) is 1. The largest absolute Gasteiger partial charge is 0.465 e. The Hall–Kier alpha value is -3.12. The van der Waals surface area contributed by atoms with Crippen LogP contribution in [0.25, 0.3) is 10.9 Å². The lowest BCUT2D eigenvalue weighted by Gasteiger charge is -2.25. The molecule has 6 heteroatoms. The van der Waals surface area contributed by atoms with Gasteiger partial charge in [-0.3, -0.25) is 5.32 Å². The molecule has 0 aliphatic carbocycles. The third-order valence-corrected chi connectivity index (χ3v) is 5.57. The van der Waals surface area contributed by atoms with Gasteiger partial charge >= 0.3 is 11.9 Å². The van der Waals surface area contributed by atoms with Crippen molar-refractivity contribution in [1.29, 1.82) is 0 Å². The Balaban J connectivity index is 1.70. The van der Waals surface area contributed by atoms with Crippen LogP contribution in [-0.4, -0.2) is 35.3 Å². The summed E-state index contributed by atoms with van der Waals surface area (Å²) in [5, 5.41) is 4.51. The van der Waals surface area contributed by atoms with E-state index in [0.29, 0.717) is 18.7 Å². The van der Waals surface area contributed by atoms with Crippen molar-refractivity contribution in [2.75, 3.05) is 13.2 Å². The van der Waals surface area contributed by atoms with E-state index in [-0.39, 0.29) is 11.9 Å². The van der Waals surface area contributed by atoms with Crippen molar-refractivity contribution in [1.82, 2.24) is 9.88 Å². The van der Waals surface area contributed by atoms with Crippen LogP contribution in [-0.2, 0) is 27.2 Å². The fraction of sp³-hybridized carbons (Fsp3) is 0.385. The average Bonchev–Trinajstić information content (AvgIpc) is 3.07. The molecule has 6 nitrogen and oxygen atoms in total. The Labute approximate surface area is 188 Å². The van der Waals surface area contributed by atoms with Gasteiger partial charge in [-0.2, -0.15) is 0 Å². The Morgan fingerprint density at radius 1 is 1.09 bits per heavy atom. The molecule has 2 heterocycles. The van der Waals surface area contributed by atoms with E-state index < -0.39 is 11.6 Å². The van der Waals surface area contributed by atoms with Gasteiger partial charge in [0, 0.05) is 24.0 Å². The number of esters is 2. The number of nitrogens with zero attached hydrogens (tertiary/aromatic N) is 1. The second-order valence-electron chi connectivity index (χ2n) is 9.06. The molecule has 0 bridgehead atoms. The van der Waals surface area contributed by atoms with Crippen LogP contribution in [0.5, 0.6) is 0 Å². The van der Waals surface area contributed by atoms with E-state index in [1.807, 2.05) is 52.0 Å². The molecule has 0 fully saturated rings. The van der Waals surface area contributed by atoms with Crippen LogP contribution >= 0.6 is 0 Å². The quantitative estimate of drug-likeness (QED) is 0.603. The van der Waals surface area contributed by atoms with Gasteiger partial charge in [0.15, 0.2) is 0 Å². The highest BCUT2D eigenvalue weighted by Gasteiger charge is 2.33. The number of para-hydroxylation sites is 1. The molecule has 1 aromatic heterocycles. The van der Waals surface area contributed by atoms with Gasteiger partial charge in [-0.25, -0.2) is 9.59 Å². The minimum absolute atomic E-state index is 0.252. The molecule has 0 spiro atoms. The predicted octanol–water partition coefficient (Wildman–Crippen LogP) is 4.39. The Morgan fingerprint density at radius 2 is 1.81 bits per heavy atom. The summed E-state index contributed by atoms with van der Waals surface area (Å²) in [6.07, 6.45) is 0.857. The zero-order valence-electron chi connectivity index (χ0n) is 19.1. The molecule has 3 aromatic rings. The maximum atomic E-state index is 12.7. The van der Waals surface area contributed by atoms with Crippen molar-refractivity contribution in [3.05, 3.63) is 70.9 Å². The lowest BCUT2D eigenvalue weighted by Crippen LogP contribution is -2.37. The normalized spacial score (nSPS) is 15.9. The highest BCUT2D eigenvalue weighted by molar-refractivity contribution is 5.90. The molecule has 1 aliphatic heterocycles. The Kier molecular flexibility index (Phi) is 6.07. The third kappa shape index (κ3) is 4.41. The highest BCUT2D eigenvalue weighted by atomic mass is 16.6. The number of ether oxygens (including phenoxy) is 2. The minimum Gasteiger partial charge on any atom is -0.465 e. The van der Waals surface area contributed by atoms with Gasteiger partial charge in [0.25, 0.3) is 0 Å². The van der Waals surface area contributed by atoms with Crippen LogP contribution < -0.4 is 5.32 Å². The molecule has 1 unspecified atom stereocenters. The van der Waals surface area contributed by atoms with Crippen molar-refractivity contribution in [3.8, 4) is 0 Å². The molecule has 1 aliphatic rings. The summed E-state index contributed by atoms with van der Waals surface area (Å²) in [7, 11) is 0. The summed E-state index contributed by atoms with van der Waals surface area (Å²) in [6.45, 7) is 9.05. The standard InChI is InChI=1S/C26H30N2O4/c1-5-31-25(30)22-23-20(14-15-27-22)19-8-6-7-9-21(19)28(23)16-17-10-12-18(13-11-17)24(29)32-26(2,3)4/h6-13,22,27H,5,14-16H2,1-4H3. The van der Waals surface area contributed by atoms with Crippen molar-refractivity contribution >= 4 is 22.8 Å². The molecular formula is C26H30N2O4. The molecule has 1 atom stereocenters. The van der Waals surface area contributed by atoms with Gasteiger partial charge < -0.3 is 14.0 Å². The van der Waals surface area contributed by atoms with Gasteiger partial charge in [-0.15, -0.1) is 0 Å². The summed E-state index contributed by atoms with van der Waals surface area (Å²) in [5.74, 6) is -0.586. The number of aromatic nitrogens is 1. The second kappa shape index (κ2) is 8.79. The lowest BCUT2D eigenvalue weighted by atomic mass is 9.99. The van der Waals surface area contributed by atoms with Crippen LogP contribution in [0.15, 0.2) is 48.5 Å². The lowest BCUT2D eigenvalue weighted by molar-refractivity contribution is -0.146. The first kappa shape index (κ1) is 22.1. The summed E-state index contributed by atoms with van der Waals surface area (Å²) < 4.78 is 13.0. The zero-order chi connectivity index (χ0) is 22.9. The van der Waals surface area contributed by atoms with Crippen molar-refractivity contribution in [3.63, 3.8) is 0 Å². The highest BCUT2D eigenvalue weighted by Crippen LogP contribution is 2.34. The number of carbonyl (C=O) groups excluding carboxylic acids is 2. The molecule has 168 valence electrons. The number of carbonyl (C=O) groups is 2. The molecule has 2 aromatic carbocycles. The Bertz CT molecular complexity index is 1140. The first-order valence-electron chi connectivity index (χ1n) is 11.1. The molecule has 1 N–H and O–H groups in total. The van der Waals surface area contributed by atoms with Crippen LogP contribution in [0.1, 0.15) is 60.9 Å². The summed E-state index contributed by atoms with van der Waals surface area (Å²) in [6, 6.07) is 15.2. The molecule has 0 amide bonds. The minimum atomic E-state index is -0.534. The zero-order valence-corrected chi connectivity index (χ0v) is 19.1. The van der Waals surface area contributed by atoms with Crippen LogP contribution in [0.4, 0.5) is 0 Å². The van der Waals surface area contributed by atoms with E-state index in [1.54, 1.807) is 12.1 Å². The number of nitrogens with one attached hydrogen (secondary N) is 1. The second-order valence-corrected chi connectivity index (χ2v) is 9.06. The number of benzene rings is 2. The molecular weight excluding hydrogens is 404 g/mol. The SMILES string of the molecule is CCOC(=O)C1NCCc2c1n(Cc1ccc(C(=O)OC(C)(C)C)cc1)c1ccccc21. The van der Waals surface area contributed by atoms with E-state index in [9.17, 15) is 9.59 Å². The van der Waals surface area contributed by atoms with E-state index in [0.717, 1.165) is 29.7 Å². The Morgan fingerprint density at radius 3 is 2.50 bits per heavy atom. The van der Waals surface area contributed by atoms with E-state index in [4.69, 9.17) is 9.47 Å². The fourth-order valence-electron chi connectivity index (χ4n) is 4.28. The smallest absolute Gasteiger partial charge is 0.338 e.